The van der Waals surface area contributed by atoms with Gasteiger partial charge in [-0.05, 0) is 18.9 Å². The minimum atomic E-state index is -3.35. The van der Waals surface area contributed by atoms with Gasteiger partial charge in [0.2, 0.25) is 0 Å². The molecule has 108 valence electrons. The highest BCUT2D eigenvalue weighted by atomic mass is 32.2. The molecule has 2 atom stereocenters. The molecule has 18 heavy (non-hydrogen) atoms. The summed E-state index contributed by atoms with van der Waals surface area (Å²) in [6, 6.07) is 0.417. The molecule has 1 fully saturated rings. The van der Waals surface area contributed by atoms with E-state index in [1.54, 1.807) is 7.11 Å². The molecule has 7 heteroatoms. The van der Waals surface area contributed by atoms with Gasteiger partial charge in [0.15, 0.2) is 0 Å². The lowest BCUT2D eigenvalue weighted by atomic mass is 9.95. The standard InChI is InChI=1S/C11H25N3O3S/c1-4-12-11-5-7-14(9-10(11)2)18(15,16)13-6-8-17-3/h10-13H,4-9H2,1-3H3. The van der Waals surface area contributed by atoms with Crippen LogP contribution in [0, 0.1) is 5.92 Å². The fraction of sp³-hybridized carbons (Fsp3) is 1.00. The second-order valence-corrected chi connectivity index (χ2v) is 6.44. The molecule has 1 aliphatic rings. The maximum atomic E-state index is 12.0. The molecular formula is C11H25N3O3S. The molecule has 6 nitrogen and oxygen atoms in total. The van der Waals surface area contributed by atoms with Crippen LogP contribution < -0.4 is 10.0 Å². The van der Waals surface area contributed by atoms with Crippen LogP contribution in [-0.4, -0.2) is 58.7 Å². The maximum absolute atomic E-state index is 12.0. The van der Waals surface area contributed by atoms with Gasteiger partial charge >= 0.3 is 0 Å². The monoisotopic (exact) mass is 279 g/mol. The van der Waals surface area contributed by atoms with Crippen LogP contribution in [0.1, 0.15) is 20.3 Å². The molecule has 0 aromatic rings. The van der Waals surface area contributed by atoms with E-state index in [9.17, 15) is 8.42 Å². The van der Waals surface area contributed by atoms with Crippen molar-refractivity contribution in [3.8, 4) is 0 Å². The van der Waals surface area contributed by atoms with E-state index in [0.29, 0.717) is 38.2 Å². The molecule has 0 amide bonds. The Balaban J connectivity index is 2.49. The normalized spacial score (nSPS) is 26.4. The third kappa shape index (κ3) is 4.47. The van der Waals surface area contributed by atoms with E-state index in [1.165, 1.54) is 4.31 Å². The van der Waals surface area contributed by atoms with E-state index in [-0.39, 0.29) is 0 Å². The van der Waals surface area contributed by atoms with Gasteiger partial charge in [-0.25, -0.2) is 0 Å². The van der Waals surface area contributed by atoms with Crippen LogP contribution in [0.4, 0.5) is 0 Å². The number of piperidine rings is 1. The largest absolute Gasteiger partial charge is 0.383 e. The zero-order chi connectivity index (χ0) is 13.6. The van der Waals surface area contributed by atoms with E-state index >= 15 is 0 Å². The highest BCUT2D eigenvalue weighted by Crippen LogP contribution is 2.18. The van der Waals surface area contributed by atoms with Crippen molar-refractivity contribution in [3.05, 3.63) is 0 Å². The summed E-state index contributed by atoms with van der Waals surface area (Å²) in [6.45, 7) is 6.94. The van der Waals surface area contributed by atoms with Gasteiger partial charge in [-0.15, -0.1) is 0 Å². The Morgan fingerprint density at radius 1 is 1.44 bits per heavy atom. The lowest BCUT2D eigenvalue weighted by molar-refractivity contribution is 0.200. The molecule has 0 spiro atoms. The first-order valence-corrected chi connectivity index (χ1v) is 7.92. The third-order valence-electron chi connectivity index (χ3n) is 3.26. The van der Waals surface area contributed by atoms with Gasteiger partial charge in [0, 0.05) is 32.8 Å². The minimum absolute atomic E-state index is 0.320. The van der Waals surface area contributed by atoms with E-state index in [0.717, 1.165) is 13.0 Å². The molecule has 0 radical (unpaired) electrons. The summed E-state index contributed by atoms with van der Waals surface area (Å²) < 4.78 is 32.9. The second kappa shape index (κ2) is 7.40. The van der Waals surface area contributed by atoms with Gasteiger partial charge in [-0.1, -0.05) is 13.8 Å². The van der Waals surface area contributed by atoms with Crippen molar-refractivity contribution in [2.24, 2.45) is 5.92 Å². The van der Waals surface area contributed by atoms with Crippen molar-refractivity contribution in [2.75, 3.05) is 39.9 Å². The van der Waals surface area contributed by atoms with E-state index < -0.39 is 10.2 Å². The van der Waals surface area contributed by atoms with Gasteiger partial charge in [-0.2, -0.15) is 17.4 Å². The first-order valence-electron chi connectivity index (χ1n) is 6.48. The summed E-state index contributed by atoms with van der Waals surface area (Å²) >= 11 is 0. The highest BCUT2D eigenvalue weighted by molar-refractivity contribution is 7.87. The van der Waals surface area contributed by atoms with Gasteiger partial charge in [0.05, 0.1) is 6.61 Å². The number of nitrogens with zero attached hydrogens (tertiary/aromatic N) is 1. The van der Waals surface area contributed by atoms with Gasteiger partial charge in [0.25, 0.3) is 10.2 Å². The average molecular weight is 279 g/mol. The average Bonchev–Trinajstić information content (AvgIpc) is 2.32. The summed E-state index contributed by atoms with van der Waals surface area (Å²) in [4.78, 5) is 0. The number of methoxy groups -OCH3 is 1. The summed E-state index contributed by atoms with van der Waals surface area (Å²) in [7, 11) is -1.80. The molecule has 0 saturated carbocycles. The smallest absolute Gasteiger partial charge is 0.279 e. The topological polar surface area (TPSA) is 70.7 Å². The second-order valence-electron chi connectivity index (χ2n) is 4.68. The summed E-state index contributed by atoms with van der Waals surface area (Å²) in [5.74, 6) is 0.331. The van der Waals surface area contributed by atoms with Crippen LogP contribution in [0.5, 0.6) is 0 Å². The molecule has 0 bridgehead atoms. The van der Waals surface area contributed by atoms with Crippen LogP contribution in [0.15, 0.2) is 0 Å². The Hall–Kier alpha value is -0.210. The molecule has 2 unspecified atom stereocenters. The fourth-order valence-corrected chi connectivity index (χ4v) is 3.56. The number of nitrogens with one attached hydrogen (secondary N) is 2. The van der Waals surface area contributed by atoms with Crippen molar-refractivity contribution >= 4 is 10.2 Å². The predicted octanol–water partition coefficient (Wildman–Crippen LogP) is -0.213. The lowest BCUT2D eigenvalue weighted by Gasteiger charge is -2.36. The maximum Gasteiger partial charge on any atom is 0.279 e. The van der Waals surface area contributed by atoms with Crippen molar-refractivity contribution in [1.29, 1.82) is 0 Å². The number of hydrogen-bond donors (Lipinski definition) is 2. The first kappa shape index (κ1) is 15.8. The molecule has 0 aromatic heterocycles. The molecule has 1 aliphatic heterocycles. The van der Waals surface area contributed by atoms with Gasteiger partial charge in [-0.3, -0.25) is 0 Å². The van der Waals surface area contributed by atoms with Crippen molar-refractivity contribution in [1.82, 2.24) is 14.3 Å². The molecule has 0 aromatic carbocycles. The van der Waals surface area contributed by atoms with Crippen molar-refractivity contribution in [3.63, 3.8) is 0 Å². The van der Waals surface area contributed by atoms with Crippen molar-refractivity contribution in [2.45, 2.75) is 26.3 Å². The molecule has 1 saturated heterocycles. The Morgan fingerprint density at radius 2 is 2.17 bits per heavy atom. The molecular weight excluding hydrogens is 254 g/mol. The SMILES string of the molecule is CCNC1CCN(S(=O)(=O)NCCOC)CC1C. The highest BCUT2D eigenvalue weighted by Gasteiger charge is 2.31. The number of ether oxygens (including phenoxy) is 1. The zero-order valence-corrected chi connectivity index (χ0v) is 12.3. The Morgan fingerprint density at radius 3 is 2.72 bits per heavy atom. The Labute approximate surface area is 110 Å². The van der Waals surface area contributed by atoms with E-state index in [2.05, 4.69) is 23.9 Å². The van der Waals surface area contributed by atoms with Crippen LogP contribution in [0.3, 0.4) is 0 Å². The van der Waals surface area contributed by atoms with Crippen LogP contribution in [0.25, 0.3) is 0 Å². The first-order chi connectivity index (χ1) is 8.51. The molecule has 0 aliphatic carbocycles. The molecule has 2 N–H and O–H groups in total. The summed E-state index contributed by atoms with van der Waals surface area (Å²) in [5.41, 5.74) is 0. The molecule has 1 heterocycles. The number of hydrogen-bond acceptors (Lipinski definition) is 4. The summed E-state index contributed by atoms with van der Waals surface area (Å²) in [6.07, 6.45) is 0.861. The number of rotatable bonds is 7. The van der Waals surface area contributed by atoms with Crippen LogP contribution in [0.2, 0.25) is 0 Å². The van der Waals surface area contributed by atoms with Crippen LogP contribution in [-0.2, 0) is 14.9 Å². The fourth-order valence-electron chi connectivity index (χ4n) is 2.26. The van der Waals surface area contributed by atoms with Crippen molar-refractivity contribution < 1.29 is 13.2 Å². The Bertz CT molecular complexity index is 334. The van der Waals surface area contributed by atoms with Gasteiger partial charge in [0.1, 0.15) is 0 Å². The predicted molar refractivity (Wildman–Crippen MR) is 71.6 cm³/mol. The summed E-state index contributed by atoms with van der Waals surface area (Å²) in [5, 5.41) is 3.40. The van der Waals surface area contributed by atoms with Crippen LogP contribution >= 0.6 is 0 Å². The zero-order valence-electron chi connectivity index (χ0n) is 11.5. The van der Waals surface area contributed by atoms with Gasteiger partial charge < -0.3 is 10.1 Å². The third-order valence-corrected chi connectivity index (χ3v) is 4.85. The molecule has 1 rings (SSSR count). The van der Waals surface area contributed by atoms with E-state index in [4.69, 9.17) is 4.74 Å². The quantitative estimate of drug-likeness (QED) is 0.633. The lowest BCUT2D eigenvalue weighted by Crippen LogP contribution is -2.53. The Kier molecular flexibility index (Phi) is 6.51. The minimum Gasteiger partial charge on any atom is -0.383 e. The van der Waals surface area contributed by atoms with E-state index in [1.807, 2.05) is 0 Å².